The standard InChI is InChI=1S/C17H23N3O2/c1-13(2)20-10-11-21-15(12-20)17-18-16(22-19-17)9-8-14-6-4-3-5-7-14/h3-7,13,15H,8-12H2,1-2H3. The van der Waals surface area contributed by atoms with Crippen LogP contribution in [0, 0.1) is 0 Å². The molecule has 0 spiro atoms. The fraction of sp³-hybridized carbons (Fsp3) is 0.529. The smallest absolute Gasteiger partial charge is 0.227 e. The second-order valence-electron chi connectivity index (χ2n) is 5.98. The maximum absolute atomic E-state index is 5.79. The van der Waals surface area contributed by atoms with Gasteiger partial charge in [-0.2, -0.15) is 4.98 Å². The van der Waals surface area contributed by atoms with Crippen LogP contribution in [-0.4, -0.2) is 40.8 Å². The van der Waals surface area contributed by atoms with E-state index in [0.29, 0.717) is 17.8 Å². The van der Waals surface area contributed by atoms with Crippen LogP contribution >= 0.6 is 0 Å². The van der Waals surface area contributed by atoms with E-state index in [1.165, 1.54) is 5.56 Å². The minimum atomic E-state index is -0.0784. The molecule has 0 saturated carbocycles. The van der Waals surface area contributed by atoms with E-state index in [0.717, 1.165) is 32.5 Å². The highest BCUT2D eigenvalue weighted by atomic mass is 16.5. The maximum Gasteiger partial charge on any atom is 0.227 e. The van der Waals surface area contributed by atoms with E-state index in [1.807, 2.05) is 18.2 Å². The lowest BCUT2D eigenvalue weighted by Gasteiger charge is -2.34. The van der Waals surface area contributed by atoms with Gasteiger partial charge in [-0.1, -0.05) is 35.5 Å². The van der Waals surface area contributed by atoms with Crippen LogP contribution in [0.3, 0.4) is 0 Å². The minimum Gasteiger partial charge on any atom is -0.367 e. The lowest BCUT2D eigenvalue weighted by atomic mass is 10.1. The second-order valence-corrected chi connectivity index (χ2v) is 5.98. The molecule has 0 N–H and O–H groups in total. The van der Waals surface area contributed by atoms with E-state index in [-0.39, 0.29) is 6.10 Å². The third-order valence-corrected chi connectivity index (χ3v) is 4.07. The summed E-state index contributed by atoms with van der Waals surface area (Å²) in [6.07, 6.45) is 1.59. The third-order valence-electron chi connectivity index (χ3n) is 4.07. The molecule has 3 rings (SSSR count). The molecule has 2 aromatic rings. The molecule has 1 aliphatic heterocycles. The Kier molecular flexibility index (Phi) is 4.85. The first-order valence-electron chi connectivity index (χ1n) is 7.94. The van der Waals surface area contributed by atoms with Crippen LogP contribution in [0.5, 0.6) is 0 Å². The van der Waals surface area contributed by atoms with Crippen molar-refractivity contribution in [2.75, 3.05) is 19.7 Å². The van der Waals surface area contributed by atoms with Gasteiger partial charge in [-0.3, -0.25) is 4.90 Å². The molecule has 1 aromatic carbocycles. The average Bonchev–Trinajstić information content (AvgIpc) is 3.03. The van der Waals surface area contributed by atoms with Crippen molar-refractivity contribution in [1.82, 2.24) is 15.0 Å². The largest absolute Gasteiger partial charge is 0.367 e. The Hall–Kier alpha value is -1.72. The monoisotopic (exact) mass is 301 g/mol. The third kappa shape index (κ3) is 3.72. The molecule has 1 unspecified atom stereocenters. The van der Waals surface area contributed by atoms with Gasteiger partial charge in [0.15, 0.2) is 0 Å². The van der Waals surface area contributed by atoms with Crippen molar-refractivity contribution in [3.05, 3.63) is 47.6 Å². The van der Waals surface area contributed by atoms with E-state index >= 15 is 0 Å². The van der Waals surface area contributed by atoms with Crippen molar-refractivity contribution in [3.8, 4) is 0 Å². The van der Waals surface area contributed by atoms with E-state index in [9.17, 15) is 0 Å². The van der Waals surface area contributed by atoms with E-state index in [2.05, 4.69) is 41.0 Å². The molecule has 5 heteroatoms. The summed E-state index contributed by atoms with van der Waals surface area (Å²) in [4.78, 5) is 6.90. The highest BCUT2D eigenvalue weighted by Gasteiger charge is 2.27. The van der Waals surface area contributed by atoms with E-state index in [4.69, 9.17) is 9.26 Å². The zero-order chi connectivity index (χ0) is 15.4. The van der Waals surface area contributed by atoms with E-state index < -0.39 is 0 Å². The first-order chi connectivity index (χ1) is 10.7. The molecule has 118 valence electrons. The zero-order valence-electron chi connectivity index (χ0n) is 13.2. The molecule has 1 atom stereocenters. The number of aryl methyl sites for hydroxylation is 2. The number of ether oxygens (including phenoxy) is 1. The Bertz CT molecular complexity index is 583. The Morgan fingerprint density at radius 2 is 2.05 bits per heavy atom. The molecule has 1 saturated heterocycles. The van der Waals surface area contributed by atoms with E-state index in [1.54, 1.807) is 0 Å². The van der Waals surface area contributed by atoms with Crippen molar-refractivity contribution in [2.24, 2.45) is 0 Å². The number of rotatable bonds is 5. The number of hydrogen-bond acceptors (Lipinski definition) is 5. The van der Waals surface area contributed by atoms with Gasteiger partial charge in [-0.05, 0) is 25.8 Å². The van der Waals surface area contributed by atoms with Crippen LogP contribution in [0.4, 0.5) is 0 Å². The lowest BCUT2D eigenvalue weighted by molar-refractivity contribution is -0.0450. The van der Waals surface area contributed by atoms with Crippen LogP contribution in [0.2, 0.25) is 0 Å². The summed E-state index contributed by atoms with van der Waals surface area (Å²) >= 11 is 0. The Morgan fingerprint density at radius 1 is 1.23 bits per heavy atom. The van der Waals surface area contributed by atoms with Gasteiger partial charge in [0.2, 0.25) is 11.7 Å². The van der Waals surface area contributed by atoms with Crippen LogP contribution in [-0.2, 0) is 17.6 Å². The Balaban J connectivity index is 1.59. The number of hydrogen-bond donors (Lipinski definition) is 0. The first-order valence-corrected chi connectivity index (χ1v) is 7.94. The molecule has 2 heterocycles. The van der Waals surface area contributed by atoms with Crippen molar-refractivity contribution in [1.29, 1.82) is 0 Å². The summed E-state index contributed by atoms with van der Waals surface area (Å²) in [6.45, 7) is 6.91. The van der Waals surface area contributed by atoms with Crippen LogP contribution in [0.1, 0.15) is 37.2 Å². The van der Waals surface area contributed by atoms with Gasteiger partial charge >= 0.3 is 0 Å². The molecule has 1 fully saturated rings. The normalized spacial score (nSPS) is 19.7. The maximum atomic E-state index is 5.79. The van der Waals surface area contributed by atoms with Crippen LogP contribution in [0.15, 0.2) is 34.9 Å². The molecule has 0 bridgehead atoms. The second kappa shape index (κ2) is 7.03. The van der Waals surface area contributed by atoms with Crippen molar-refractivity contribution < 1.29 is 9.26 Å². The van der Waals surface area contributed by atoms with Crippen molar-refractivity contribution >= 4 is 0 Å². The highest BCUT2D eigenvalue weighted by molar-refractivity contribution is 5.15. The minimum absolute atomic E-state index is 0.0784. The fourth-order valence-electron chi connectivity index (χ4n) is 2.69. The SMILES string of the molecule is CC(C)N1CCOC(c2noc(CCc3ccccc3)n2)C1. The van der Waals surface area contributed by atoms with Gasteiger partial charge in [0.05, 0.1) is 6.61 Å². The predicted molar refractivity (Wildman–Crippen MR) is 83.6 cm³/mol. The lowest BCUT2D eigenvalue weighted by Crippen LogP contribution is -2.42. The van der Waals surface area contributed by atoms with Crippen LogP contribution in [0.25, 0.3) is 0 Å². The van der Waals surface area contributed by atoms with Crippen LogP contribution < -0.4 is 0 Å². The number of nitrogens with zero attached hydrogens (tertiary/aromatic N) is 3. The molecule has 1 aromatic heterocycles. The van der Waals surface area contributed by atoms with Gasteiger partial charge in [0, 0.05) is 25.6 Å². The molecular weight excluding hydrogens is 278 g/mol. The molecular formula is C17H23N3O2. The molecule has 0 aliphatic carbocycles. The number of aromatic nitrogens is 2. The summed E-state index contributed by atoms with van der Waals surface area (Å²) in [7, 11) is 0. The summed E-state index contributed by atoms with van der Waals surface area (Å²) < 4.78 is 11.2. The van der Waals surface area contributed by atoms with Crippen molar-refractivity contribution in [2.45, 2.75) is 38.8 Å². The van der Waals surface area contributed by atoms with Crippen molar-refractivity contribution in [3.63, 3.8) is 0 Å². The summed E-state index contributed by atoms with van der Waals surface area (Å²) in [6, 6.07) is 10.9. The summed E-state index contributed by atoms with van der Waals surface area (Å²) in [5.41, 5.74) is 1.28. The quantitative estimate of drug-likeness (QED) is 0.850. The molecule has 0 radical (unpaired) electrons. The average molecular weight is 301 g/mol. The van der Waals surface area contributed by atoms with Gasteiger partial charge < -0.3 is 9.26 Å². The Labute approximate surface area is 131 Å². The number of morpholine rings is 1. The van der Waals surface area contributed by atoms with Gasteiger partial charge in [-0.25, -0.2) is 0 Å². The topological polar surface area (TPSA) is 51.4 Å². The highest BCUT2D eigenvalue weighted by Crippen LogP contribution is 2.21. The molecule has 0 amide bonds. The van der Waals surface area contributed by atoms with Gasteiger partial charge in [0.1, 0.15) is 6.10 Å². The van der Waals surface area contributed by atoms with Gasteiger partial charge in [-0.15, -0.1) is 0 Å². The first kappa shape index (κ1) is 15.2. The molecule has 1 aliphatic rings. The molecule has 5 nitrogen and oxygen atoms in total. The zero-order valence-corrected chi connectivity index (χ0v) is 13.2. The summed E-state index contributed by atoms with van der Waals surface area (Å²) in [5, 5.41) is 4.11. The Morgan fingerprint density at radius 3 is 2.82 bits per heavy atom. The van der Waals surface area contributed by atoms with Gasteiger partial charge in [0.25, 0.3) is 0 Å². The predicted octanol–water partition coefficient (Wildman–Crippen LogP) is 2.64. The summed E-state index contributed by atoms with van der Waals surface area (Å²) in [5.74, 6) is 1.36. The fourth-order valence-corrected chi connectivity index (χ4v) is 2.69. The number of benzene rings is 1. The molecule has 22 heavy (non-hydrogen) atoms.